The van der Waals surface area contributed by atoms with Crippen LogP contribution < -0.4 is 5.32 Å². The Morgan fingerprint density at radius 2 is 2.19 bits per heavy atom. The van der Waals surface area contributed by atoms with Gasteiger partial charge in [0.1, 0.15) is 6.61 Å². The Morgan fingerprint density at radius 1 is 1.37 bits per heavy atom. The van der Waals surface area contributed by atoms with Crippen molar-refractivity contribution in [3.05, 3.63) is 41.5 Å². The van der Waals surface area contributed by atoms with Crippen molar-refractivity contribution >= 4 is 11.7 Å². The number of nitrogens with one attached hydrogen (secondary N) is 1. The van der Waals surface area contributed by atoms with Crippen LogP contribution in [0.15, 0.2) is 28.8 Å². The second-order valence-corrected chi connectivity index (χ2v) is 6.64. The predicted octanol–water partition coefficient (Wildman–Crippen LogP) is 2.78. The first-order chi connectivity index (χ1) is 13.1. The Labute approximate surface area is 158 Å². The summed E-state index contributed by atoms with van der Waals surface area (Å²) in [5.74, 6) is 1.10. The molecule has 1 aliphatic heterocycles. The first-order valence-corrected chi connectivity index (χ1v) is 9.18. The molecule has 27 heavy (non-hydrogen) atoms. The van der Waals surface area contributed by atoms with E-state index in [1.165, 1.54) is 0 Å². The van der Waals surface area contributed by atoms with Crippen molar-refractivity contribution in [2.75, 3.05) is 32.1 Å². The lowest BCUT2D eigenvalue weighted by molar-refractivity contribution is -0.00532. The molecule has 1 N–H and O–H groups in total. The van der Waals surface area contributed by atoms with Crippen LogP contribution in [0.1, 0.15) is 30.1 Å². The van der Waals surface area contributed by atoms with Crippen molar-refractivity contribution in [1.82, 2.24) is 15.0 Å². The molecule has 1 aliphatic rings. The van der Waals surface area contributed by atoms with Gasteiger partial charge in [-0.1, -0.05) is 17.3 Å². The molecule has 2 amide bonds. The minimum atomic E-state index is -0.0706. The number of hydrogen-bond acceptors (Lipinski definition) is 6. The number of nitrogens with zero attached hydrogens (tertiary/aromatic N) is 3. The minimum absolute atomic E-state index is 0.0706. The minimum Gasteiger partial charge on any atom is -0.384 e. The van der Waals surface area contributed by atoms with Crippen LogP contribution in [0.3, 0.4) is 0 Å². The number of hydrogen-bond donors (Lipinski definition) is 1. The lowest BCUT2D eigenvalue weighted by Gasteiger charge is -2.31. The molecular formula is C19H26N4O4. The molecule has 1 fully saturated rings. The Balaban J connectivity index is 1.39. The molecule has 2 aromatic rings. The number of methoxy groups -OCH3 is 1. The summed E-state index contributed by atoms with van der Waals surface area (Å²) in [4.78, 5) is 18.5. The maximum absolute atomic E-state index is 12.4. The number of aryl methyl sites for hydroxylation is 1. The van der Waals surface area contributed by atoms with Gasteiger partial charge in [-0.2, -0.15) is 4.98 Å². The van der Waals surface area contributed by atoms with Gasteiger partial charge in [-0.25, -0.2) is 4.79 Å². The number of carbonyl (C=O) groups is 1. The third-order valence-electron chi connectivity index (χ3n) is 4.48. The molecule has 2 heterocycles. The number of amides is 2. The molecule has 0 saturated carbocycles. The average Bonchev–Trinajstić information content (AvgIpc) is 3.13. The Kier molecular flexibility index (Phi) is 6.78. The van der Waals surface area contributed by atoms with Crippen molar-refractivity contribution < 1.29 is 18.8 Å². The van der Waals surface area contributed by atoms with Crippen LogP contribution in [0, 0.1) is 6.92 Å². The van der Waals surface area contributed by atoms with E-state index < -0.39 is 0 Å². The molecule has 0 bridgehead atoms. The van der Waals surface area contributed by atoms with Gasteiger partial charge in [0.25, 0.3) is 5.89 Å². The van der Waals surface area contributed by atoms with Crippen molar-refractivity contribution in [2.45, 2.75) is 38.9 Å². The summed E-state index contributed by atoms with van der Waals surface area (Å²) in [5, 5.41) is 6.84. The zero-order chi connectivity index (χ0) is 19.1. The van der Waals surface area contributed by atoms with E-state index in [-0.39, 0.29) is 12.1 Å². The van der Waals surface area contributed by atoms with Gasteiger partial charge in [-0.05, 0) is 37.5 Å². The van der Waals surface area contributed by atoms with Crippen molar-refractivity contribution in [2.24, 2.45) is 0 Å². The highest BCUT2D eigenvalue weighted by atomic mass is 16.5. The lowest BCUT2D eigenvalue weighted by Crippen LogP contribution is -2.43. The van der Waals surface area contributed by atoms with Gasteiger partial charge in [0.05, 0.1) is 12.7 Å². The largest absolute Gasteiger partial charge is 0.384 e. The SMILES string of the molecule is COCCc1noc(COC2CCN(C(=O)Nc3cccc(C)c3)CC2)n1. The standard InChI is InChI=1S/C19H26N4O4/c1-14-4-3-5-15(12-14)20-19(24)23-9-6-16(7-10-23)26-13-18-21-17(22-27-18)8-11-25-2/h3-5,12,16H,6-11,13H2,1-2H3,(H,20,24). The summed E-state index contributed by atoms with van der Waals surface area (Å²) >= 11 is 0. The molecular weight excluding hydrogens is 348 g/mol. The summed E-state index contributed by atoms with van der Waals surface area (Å²) < 4.78 is 16.0. The van der Waals surface area contributed by atoms with Crippen molar-refractivity contribution in [3.63, 3.8) is 0 Å². The Bertz CT molecular complexity index is 741. The highest BCUT2D eigenvalue weighted by molar-refractivity contribution is 5.89. The van der Waals surface area contributed by atoms with Gasteiger partial charge in [0.15, 0.2) is 5.82 Å². The number of rotatable bonds is 7. The third-order valence-corrected chi connectivity index (χ3v) is 4.48. The molecule has 1 aromatic carbocycles. The van der Waals surface area contributed by atoms with Gasteiger partial charge in [-0.3, -0.25) is 0 Å². The van der Waals surface area contributed by atoms with Crippen LogP contribution in [0.5, 0.6) is 0 Å². The molecule has 8 heteroatoms. The van der Waals surface area contributed by atoms with Crippen molar-refractivity contribution in [3.8, 4) is 0 Å². The van der Waals surface area contributed by atoms with E-state index in [1.54, 1.807) is 7.11 Å². The molecule has 0 aliphatic carbocycles. The molecule has 0 spiro atoms. The molecule has 0 unspecified atom stereocenters. The topological polar surface area (TPSA) is 89.7 Å². The number of ether oxygens (including phenoxy) is 2. The van der Waals surface area contributed by atoms with Crippen LogP contribution in [0.25, 0.3) is 0 Å². The quantitative estimate of drug-likeness (QED) is 0.801. The average molecular weight is 374 g/mol. The highest BCUT2D eigenvalue weighted by Crippen LogP contribution is 2.17. The number of aromatic nitrogens is 2. The summed E-state index contributed by atoms with van der Waals surface area (Å²) in [7, 11) is 1.64. The van der Waals surface area contributed by atoms with Gasteiger partial charge in [-0.15, -0.1) is 0 Å². The molecule has 8 nitrogen and oxygen atoms in total. The highest BCUT2D eigenvalue weighted by Gasteiger charge is 2.24. The third kappa shape index (κ3) is 5.77. The number of anilines is 1. The first-order valence-electron chi connectivity index (χ1n) is 9.18. The van der Waals surface area contributed by atoms with Gasteiger partial charge in [0, 0.05) is 32.3 Å². The summed E-state index contributed by atoms with van der Waals surface area (Å²) in [5.41, 5.74) is 1.94. The monoisotopic (exact) mass is 374 g/mol. The molecule has 146 valence electrons. The summed E-state index contributed by atoms with van der Waals surface area (Å²) in [6.07, 6.45) is 2.27. The zero-order valence-electron chi connectivity index (χ0n) is 15.8. The molecule has 3 rings (SSSR count). The van der Waals surface area contributed by atoms with Gasteiger partial charge in [0.2, 0.25) is 0 Å². The van der Waals surface area contributed by atoms with E-state index in [4.69, 9.17) is 14.0 Å². The summed E-state index contributed by atoms with van der Waals surface area (Å²) in [6, 6.07) is 7.72. The van der Waals surface area contributed by atoms with E-state index in [9.17, 15) is 4.79 Å². The van der Waals surface area contributed by atoms with Crippen LogP contribution >= 0.6 is 0 Å². The smallest absolute Gasteiger partial charge is 0.321 e. The zero-order valence-corrected chi connectivity index (χ0v) is 15.8. The van der Waals surface area contributed by atoms with Gasteiger partial charge >= 0.3 is 6.03 Å². The van der Waals surface area contributed by atoms with E-state index in [2.05, 4.69) is 15.5 Å². The number of piperidine rings is 1. The van der Waals surface area contributed by atoms with Crippen molar-refractivity contribution in [1.29, 1.82) is 0 Å². The molecule has 0 atom stereocenters. The van der Waals surface area contributed by atoms with Crippen LogP contribution in [0.4, 0.5) is 10.5 Å². The number of urea groups is 1. The summed E-state index contributed by atoms with van der Waals surface area (Å²) in [6.45, 7) is 4.17. The van der Waals surface area contributed by atoms with Crippen LogP contribution in [-0.2, 0) is 22.5 Å². The second-order valence-electron chi connectivity index (χ2n) is 6.64. The van der Waals surface area contributed by atoms with E-state index in [0.29, 0.717) is 44.4 Å². The number of carbonyl (C=O) groups excluding carboxylic acids is 1. The predicted molar refractivity (Wildman–Crippen MR) is 99.5 cm³/mol. The maximum atomic E-state index is 12.4. The number of likely N-dealkylation sites (tertiary alicyclic amines) is 1. The Hall–Kier alpha value is -2.45. The van der Waals surface area contributed by atoms with E-state index in [1.807, 2.05) is 36.1 Å². The maximum Gasteiger partial charge on any atom is 0.321 e. The van der Waals surface area contributed by atoms with E-state index in [0.717, 1.165) is 24.1 Å². The second kappa shape index (κ2) is 9.48. The Morgan fingerprint density at radius 3 is 2.93 bits per heavy atom. The van der Waals surface area contributed by atoms with Crippen LogP contribution in [0.2, 0.25) is 0 Å². The van der Waals surface area contributed by atoms with Crippen LogP contribution in [-0.4, -0.2) is 54.0 Å². The fourth-order valence-corrected chi connectivity index (χ4v) is 2.98. The number of benzene rings is 1. The first kappa shape index (κ1) is 19.3. The lowest BCUT2D eigenvalue weighted by atomic mass is 10.1. The molecule has 1 saturated heterocycles. The fraction of sp³-hybridized carbons (Fsp3) is 0.526. The normalized spacial score (nSPS) is 15.1. The van der Waals surface area contributed by atoms with E-state index >= 15 is 0 Å². The fourth-order valence-electron chi connectivity index (χ4n) is 2.98. The van der Waals surface area contributed by atoms with Gasteiger partial charge < -0.3 is 24.2 Å². The molecule has 1 aromatic heterocycles. The molecule has 0 radical (unpaired) electrons.